The van der Waals surface area contributed by atoms with Crippen molar-refractivity contribution in [2.75, 3.05) is 50.7 Å². The molecular weight excluding hydrogens is 278 g/mol. The van der Waals surface area contributed by atoms with Crippen LogP contribution in [0.25, 0.3) is 0 Å². The van der Waals surface area contributed by atoms with Crippen LogP contribution in [-0.4, -0.2) is 71.5 Å². The lowest BCUT2D eigenvalue weighted by atomic mass is 10.2. The van der Waals surface area contributed by atoms with E-state index in [9.17, 15) is 4.79 Å². The predicted octanol–water partition coefficient (Wildman–Crippen LogP) is 1.00. The van der Waals surface area contributed by atoms with Crippen molar-refractivity contribution < 1.29 is 4.79 Å². The lowest BCUT2D eigenvalue weighted by Crippen LogP contribution is -2.50. The van der Waals surface area contributed by atoms with Gasteiger partial charge >= 0.3 is 0 Å². The average molecular weight is 303 g/mol. The summed E-state index contributed by atoms with van der Waals surface area (Å²) < 4.78 is 0. The highest BCUT2D eigenvalue weighted by Gasteiger charge is 2.23. The quantitative estimate of drug-likeness (QED) is 0.834. The fourth-order valence-electron chi connectivity index (χ4n) is 3.17. The van der Waals surface area contributed by atoms with Crippen molar-refractivity contribution in [3.8, 4) is 0 Å². The zero-order valence-electron chi connectivity index (χ0n) is 13.2. The van der Waals surface area contributed by atoms with E-state index in [1.165, 1.54) is 12.8 Å². The van der Waals surface area contributed by atoms with Gasteiger partial charge in [-0.1, -0.05) is 12.8 Å². The molecule has 0 aromatic carbocycles. The molecule has 0 aliphatic carbocycles. The molecule has 1 amide bonds. The van der Waals surface area contributed by atoms with E-state index in [0.717, 1.165) is 58.1 Å². The van der Waals surface area contributed by atoms with E-state index in [2.05, 4.69) is 24.7 Å². The third-order valence-electron chi connectivity index (χ3n) is 4.52. The molecule has 3 heterocycles. The van der Waals surface area contributed by atoms with Gasteiger partial charge in [0.05, 0.1) is 6.54 Å². The Hall–Kier alpha value is -1.69. The summed E-state index contributed by atoms with van der Waals surface area (Å²) in [5, 5.41) is 0. The van der Waals surface area contributed by atoms with Crippen LogP contribution in [0.1, 0.15) is 25.7 Å². The van der Waals surface area contributed by atoms with Gasteiger partial charge in [0.25, 0.3) is 0 Å². The van der Waals surface area contributed by atoms with Crippen LogP contribution in [0.5, 0.6) is 0 Å². The number of anilines is 1. The molecule has 2 fully saturated rings. The fourth-order valence-corrected chi connectivity index (χ4v) is 3.17. The summed E-state index contributed by atoms with van der Waals surface area (Å²) in [7, 11) is 0. The molecule has 3 rings (SSSR count). The third kappa shape index (κ3) is 3.94. The van der Waals surface area contributed by atoms with E-state index in [1.807, 2.05) is 6.07 Å². The summed E-state index contributed by atoms with van der Waals surface area (Å²) >= 11 is 0. The number of hydrogen-bond donors (Lipinski definition) is 0. The summed E-state index contributed by atoms with van der Waals surface area (Å²) in [5.74, 6) is 1.09. The molecule has 2 aliphatic heterocycles. The number of amides is 1. The van der Waals surface area contributed by atoms with Crippen molar-refractivity contribution in [3.63, 3.8) is 0 Å². The minimum absolute atomic E-state index is 0.298. The molecule has 0 atom stereocenters. The Kier molecular flexibility index (Phi) is 5.21. The van der Waals surface area contributed by atoms with Crippen molar-refractivity contribution in [3.05, 3.63) is 18.5 Å². The molecule has 1 aromatic heterocycles. The molecule has 0 spiro atoms. The highest BCUT2D eigenvalue weighted by atomic mass is 16.2. The SMILES string of the molecule is O=C(CN1CCN(c2ncccn2)CC1)N1CCCCCC1. The molecule has 22 heavy (non-hydrogen) atoms. The monoisotopic (exact) mass is 303 g/mol. The lowest BCUT2D eigenvalue weighted by molar-refractivity contribution is -0.132. The summed E-state index contributed by atoms with van der Waals surface area (Å²) in [6.45, 7) is 6.01. The first-order valence-electron chi connectivity index (χ1n) is 8.35. The number of carbonyl (C=O) groups is 1. The number of aromatic nitrogens is 2. The van der Waals surface area contributed by atoms with Gasteiger partial charge in [-0.25, -0.2) is 9.97 Å². The van der Waals surface area contributed by atoms with Crippen molar-refractivity contribution >= 4 is 11.9 Å². The van der Waals surface area contributed by atoms with Gasteiger partial charge in [0.2, 0.25) is 11.9 Å². The molecule has 2 aliphatic rings. The van der Waals surface area contributed by atoms with E-state index in [4.69, 9.17) is 0 Å². The molecule has 2 saturated heterocycles. The van der Waals surface area contributed by atoms with E-state index in [1.54, 1.807) is 12.4 Å². The maximum atomic E-state index is 12.4. The van der Waals surface area contributed by atoms with Gasteiger partial charge in [-0.05, 0) is 18.9 Å². The largest absolute Gasteiger partial charge is 0.342 e. The molecule has 6 nitrogen and oxygen atoms in total. The van der Waals surface area contributed by atoms with E-state index >= 15 is 0 Å². The normalized spacial score (nSPS) is 20.7. The minimum atomic E-state index is 0.298. The van der Waals surface area contributed by atoms with Crippen LogP contribution in [0, 0.1) is 0 Å². The number of likely N-dealkylation sites (tertiary alicyclic amines) is 1. The first-order valence-corrected chi connectivity index (χ1v) is 8.35. The standard InChI is InChI=1S/C16H25N5O/c22-15(20-8-3-1-2-4-9-20)14-19-10-12-21(13-11-19)16-17-6-5-7-18-16/h5-7H,1-4,8-14H2. The fraction of sp³-hybridized carbons (Fsp3) is 0.688. The number of carbonyl (C=O) groups excluding carboxylic acids is 1. The van der Waals surface area contributed by atoms with Gasteiger partial charge in [0.15, 0.2) is 0 Å². The Bertz CT molecular complexity index is 465. The topological polar surface area (TPSA) is 52.6 Å². The zero-order valence-corrected chi connectivity index (χ0v) is 13.2. The zero-order chi connectivity index (χ0) is 15.2. The summed E-state index contributed by atoms with van der Waals surface area (Å²) in [5.41, 5.74) is 0. The molecule has 0 saturated carbocycles. The van der Waals surface area contributed by atoms with E-state index < -0.39 is 0 Å². The smallest absolute Gasteiger partial charge is 0.236 e. The highest BCUT2D eigenvalue weighted by molar-refractivity contribution is 5.78. The van der Waals surface area contributed by atoms with Crippen LogP contribution in [0.2, 0.25) is 0 Å². The van der Waals surface area contributed by atoms with Crippen molar-refractivity contribution in [1.82, 2.24) is 19.8 Å². The first kappa shape index (κ1) is 15.2. The second-order valence-electron chi connectivity index (χ2n) is 6.11. The van der Waals surface area contributed by atoms with E-state index in [0.29, 0.717) is 12.5 Å². The van der Waals surface area contributed by atoms with Crippen LogP contribution >= 0.6 is 0 Å². The van der Waals surface area contributed by atoms with Crippen LogP contribution < -0.4 is 4.90 Å². The van der Waals surface area contributed by atoms with Crippen molar-refractivity contribution in [1.29, 1.82) is 0 Å². The third-order valence-corrected chi connectivity index (χ3v) is 4.52. The second-order valence-corrected chi connectivity index (χ2v) is 6.11. The Morgan fingerprint density at radius 3 is 2.18 bits per heavy atom. The molecule has 0 unspecified atom stereocenters. The molecule has 120 valence electrons. The molecule has 0 radical (unpaired) electrons. The van der Waals surface area contributed by atoms with Gasteiger partial charge in [0.1, 0.15) is 0 Å². The summed E-state index contributed by atoms with van der Waals surface area (Å²) in [6.07, 6.45) is 8.39. The lowest BCUT2D eigenvalue weighted by Gasteiger charge is -2.35. The molecule has 0 N–H and O–H groups in total. The number of nitrogens with zero attached hydrogens (tertiary/aromatic N) is 5. The molecular formula is C16H25N5O. The highest BCUT2D eigenvalue weighted by Crippen LogP contribution is 2.12. The van der Waals surface area contributed by atoms with Crippen LogP contribution in [0.4, 0.5) is 5.95 Å². The summed E-state index contributed by atoms with van der Waals surface area (Å²) in [4.78, 5) is 27.5. The van der Waals surface area contributed by atoms with Crippen LogP contribution in [0.15, 0.2) is 18.5 Å². The first-order chi connectivity index (χ1) is 10.8. The molecule has 1 aromatic rings. The number of piperazine rings is 1. The second kappa shape index (κ2) is 7.54. The predicted molar refractivity (Wildman–Crippen MR) is 85.7 cm³/mol. The minimum Gasteiger partial charge on any atom is -0.342 e. The van der Waals surface area contributed by atoms with Gasteiger partial charge in [-0.3, -0.25) is 9.69 Å². The molecule has 0 bridgehead atoms. The van der Waals surface area contributed by atoms with Crippen molar-refractivity contribution in [2.45, 2.75) is 25.7 Å². The van der Waals surface area contributed by atoms with E-state index in [-0.39, 0.29) is 0 Å². The van der Waals surface area contributed by atoms with Crippen molar-refractivity contribution in [2.24, 2.45) is 0 Å². The maximum absolute atomic E-state index is 12.4. The number of rotatable bonds is 3. The van der Waals surface area contributed by atoms with Gasteiger partial charge in [-0.15, -0.1) is 0 Å². The Labute approximate surface area is 132 Å². The van der Waals surface area contributed by atoms with Crippen LogP contribution in [0.3, 0.4) is 0 Å². The maximum Gasteiger partial charge on any atom is 0.236 e. The van der Waals surface area contributed by atoms with Gasteiger partial charge < -0.3 is 9.80 Å². The van der Waals surface area contributed by atoms with Gasteiger partial charge in [-0.2, -0.15) is 0 Å². The Balaban J connectivity index is 1.46. The Morgan fingerprint density at radius 2 is 1.55 bits per heavy atom. The number of hydrogen-bond acceptors (Lipinski definition) is 5. The Morgan fingerprint density at radius 1 is 0.909 bits per heavy atom. The summed E-state index contributed by atoms with van der Waals surface area (Å²) in [6, 6.07) is 1.83. The van der Waals surface area contributed by atoms with Gasteiger partial charge in [0, 0.05) is 51.7 Å². The van der Waals surface area contributed by atoms with Crippen LogP contribution in [-0.2, 0) is 4.79 Å². The molecule has 6 heteroatoms. The average Bonchev–Trinajstić information content (AvgIpc) is 2.86.